The van der Waals surface area contributed by atoms with E-state index < -0.39 is 19.8 Å². The number of hydrogen-bond donors (Lipinski definition) is 0. The molecule has 0 rings (SSSR count). The fourth-order valence-electron chi connectivity index (χ4n) is 3.31. The van der Waals surface area contributed by atoms with E-state index in [9.17, 15) is 0 Å². The van der Waals surface area contributed by atoms with E-state index in [0.29, 0.717) is 0 Å². The van der Waals surface area contributed by atoms with Crippen molar-refractivity contribution in [3.63, 3.8) is 0 Å². The van der Waals surface area contributed by atoms with E-state index in [1.165, 1.54) is 77.0 Å². The first kappa shape index (κ1) is 26.0. The third-order valence-electron chi connectivity index (χ3n) is 4.90. The average molecular weight is 435 g/mol. The second kappa shape index (κ2) is 22.7. The van der Waals surface area contributed by atoms with Gasteiger partial charge >= 0.3 is 150 Å². The van der Waals surface area contributed by atoms with Gasteiger partial charge < -0.3 is 4.70 Å². The predicted molar refractivity (Wildman–Crippen MR) is 106 cm³/mol. The third kappa shape index (κ3) is 20.7. The Bertz CT molecular complexity index is 163. The van der Waals surface area contributed by atoms with Crippen molar-refractivity contribution in [2.24, 2.45) is 0 Å². The SMILES string of the molecule is CCCCCC[CH2][Sn+]([CH2]CCCCCC)[CH2]CCCCCC.[F-]. The molecule has 0 bridgehead atoms. The van der Waals surface area contributed by atoms with Crippen LogP contribution >= 0.6 is 0 Å². The zero-order valence-electron chi connectivity index (χ0n) is 16.6. The summed E-state index contributed by atoms with van der Waals surface area (Å²) in [5, 5.41) is 0. The molecule has 0 radical (unpaired) electrons. The van der Waals surface area contributed by atoms with E-state index in [1.807, 2.05) is 0 Å². The summed E-state index contributed by atoms with van der Waals surface area (Å²) in [6, 6.07) is 0. The van der Waals surface area contributed by atoms with Gasteiger partial charge in [0.1, 0.15) is 0 Å². The Kier molecular flexibility index (Phi) is 25.7. The van der Waals surface area contributed by atoms with Crippen LogP contribution < -0.4 is 4.70 Å². The number of hydrogen-bond acceptors (Lipinski definition) is 0. The first-order valence-electron chi connectivity index (χ1n) is 10.7. The van der Waals surface area contributed by atoms with Gasteiger partial charge in [0.15, 0.2) is 0 Å². The minimum absolute atomic E-state index is 0. The molecule has 0 saturated carbocycles. The van der Waals surface area contributed by atoms with E-state index in [2.05, 4.69) is 20.8 Å². The first-order valence-corrected chi connectivity index (χ1v) is 16.7. The van der Waals surface area contributed by atoms with Crippen molar-refractivity contribution in [3.05, 3.63) is 0 Å². The molecule has 0 fully saturated rings. The molecule has 0 aliphatic heterocycles. The van der Waals surface area contributed by atoms with Crippen LogP contribution in [-0.4, -0.2) is 19.8 Å². The fourth-order valence-corrected chi connectivity index (χ4v) is 11.9. The maximum atomic E-state index is 2.33. The largest absolute Gasteiger partial charge is 1.00 e. The average Bonchev–Trinajstić information content (AvgIpc) is 2.53. The van der Waals surface area contributed by atoms with E-state index in [0.717, 1.165) is 0 Å². The second-order valence-corrected chi connectivity index (χ2v) is 15.8. The molecule has 0 aromatic carbocycles. The Morgan fingerprint density at radius 3 is 0.913 bits per heavy atom. The summed E-state index contributed by atoms with van der Waals surface area (Å²) >= 11 is -0.985. The molecule has 2 heteroatoms. The van der Waals surface area contributed by atoms with Crippen molar-refractivity contribution in [1.82, 2.24) is 0 Å². The maximum absolute atomic E-state index is 2.33. The van der Waals surface area contributed by atoms with E-state index in [1.54, 1.807) is 32.6 Å². The number of halogens is 1. The second-order valence-electron chi connectivity index (χ2n) is 7.24. The minimum atomic E-state index is -0.985. The smallest absolute Gasteiger partial charge is 1.00 e. The molecule has 0 aromatic rings. The molecule has 0 aromatic heterocycles. The third-order valence-corrected chi connectivity index (χ3v) is 14.0. The van der Waals surface area contributed by atoms with Crippen molar-refractivity contribution in [2.75, 3.05) is 0 Å². The molecule has 0 unspecified atom stereocenters. The van der Waals surface area contributed by atoms with Crippen LogP contribution in [0, 0.1) is 0 Å². The van der Waals surface area contributed by atoms with Crippen LogP contribution in [0.3, 0.4) is 0 Å². The Balaban J connectivity index is 0. The summed E-state index contributed by atoms with van der Waals surface area (Å²) in [4.78, 5) is 0. The Morgan fingerprint density at radius 2 is 0.652 bits per heavy atom. The predicted octanol–water partition coefficient (Wildman–Crippen LogP) is 5.40. The standard InChI is InChI=1S/3C7H15.FH.Sn/c3*1-3-5-7-6-4-2;;/h3*1,3-7H2,2H3;1H;/q;;;;+1/p-1. The summed E-state index contributed by atoms with van der Waals surface area (Å²) < 4.78 is 5.15. The fraction of sp³-hybridized carbons (Fsp3) is 1.00. The van der Waals surface area contributed by atoms with Crippen LogP contribution in [0.15, 0.2) is 0 Å². The number of unbranched alkanes of at least 4 members (excludes halogenated alkanes) is 12. The van der Waals surface area contributed by atoms with Gasteiger partial charge in [0, 0.05) is 0 Å². The van der Waals surface area contributed by atoms with Crippen molar-refractivity contribution < 1.29 is 4.70 Å². The van der Waals surface area contributed by atoms with Gasteiger partial charge in [-0.1, -0.05) is 0 Å². The Morgan fingerprint density at radius 1 is 0.391 bits per heavy atom. The molecular weight excluding hydrogens is 390 g/mol. The molecule has 0 aliphatic carbocycles. The molecule has 0 spiro atoms. The van der Waals surface area contributed by atoms with Gasteiger partial charge in [-0.25, -0.2) is 0 Å². The molecule has 0 nitrogen and oxygen atoms in total. The van der Waals surface area contributed by atoms with Crippen LogP contribution in [0.1, 0.15) is 117 Å². The van der Waals surface area contributed by atoms with Crippen molar-refractivity contribution in [1.29, 1.82) is 0 Å². The van der Waals surface area contributed by atoms with Crippen LogP contribution in [0.4, 0.5) is 0 Å². The zero-order chi connectivity index (χ0) is 16.3. The van der Waals surface area contributed by atoms with E-state index >= 15 is 0 Å². The van der Waals surface area contributed by atoms with Crippen molar-refractivity contribution >= 4 is 19.8 Å². The topological polar surface area (TPSA) is 0 Å². The summed E-state index contributed by atoms with van der Waals surface area (Å²) in [5.41, 5.74) is 0. The minimum Gasteiger partial charge on any atom is -1.00 e. The van der Waals surface area contributed by atoms with Gasteiger partial charge in [-0.3, -0.25) is 0 Å². The molecule has 0 atom stereocenters. The molecule has 0 heterocycles. The molecule has 0 amide bonds. The van der Waals surface area contributed by atoms with Gasteiger partial charge in [-0.2, -0.15) is 0 Å². The van der Waals surface area contributed by atoms with Crippen molar-refractivity contribution in [3.8, 4) is 0 Å². The van der Waals surface area contributed by atoms with E-state index in [-0.39, 0.29) is 4.70 Å². The van der Waals surface area contributed by atoms with Gasteiger partial charge in [0.25, 0.3) is 0 Å². The molecule has 23 heavy (non-hydrogen) atoms. The molecule has 0 N–H and O–H groups in total. The Labute approximate surface area is 154 Å². The summed E-state index contributed by atoms with van der Waals surface area (Å²) in [5.74, 6) is 0. The molecule has 0 saturated heterocycles. The van der Waals surface area contributed by atoms with Crippen LogP contribution in [0.25, 0.3) is 0 Å². The first-order chi connectivity index (χ1) is 10.8. The summed E-state index contributed by atoms with van der Waals surface area (Å²) in [7, 11) is 0. The van der Waals surface area contributed by atoms with Crippen molar-refractivity contribution in [2.45, 2.75) is 130 Å². The molecule has 140 valence electrons. The molecule has 0 aliphatic rings. The monoisotopic (exact) mass is 436 g/mol. The summed E-state index contributed by atoms with van der Waals surface area (Å²) in [6.45, 7) is 6.98. The van der Waals surface area contributed by atoms with Gasteiger partial charge in [0.05, 0.1) is 0 Å². The van der Waals surface area contributed by atoms with Gasteiger partial charge in [-0.15, -0.1) is 0 Å². The quantitative estimate of drug-likeness (QED) is 0.200. The molecular formula is C21H45FSn. The Hall–Kier alpha value is 0.729. The normalized spacial score (nSPS) is 10.6. The van der Waals surface area contributed by atoms with Gasteiger partial charge in [0.2, 0.25) is 0 Å². The number of rotatable bonds is 18. The van der Waals surface area contributed by atoms with Crippen LogP contribution in [-0.2, 0) is 0 Å². The maximum Gasteiger partial charge on any atom is -1.00 e. The zero-order valence-corrected chi connectivity index (χ0v) is 19.5. The van der Waals surface area contributed by atoms with Crippen LogP contribution in [0.2, 0.25) is 13.3 Å². The van der Waals surface area contributed by atoms with Crippen LogP contribution in [0.5, 0.6) is 0 Å². The van der Waals surface area contributed by atoms with E-state index in [4.69, 9.17) is 0 Å². The van der Waals surface area contributed by atoms with Gasteiger partial charge in [-0.05, 0) is 0 Å². The summed E-state index contributed by atoms with van der Waals surface area (Å²) in [6.07, 6.45) is 22.4.